The molecule has 130 valence electrons. The fraction of sp³-hybridized carbons (Fsp3) is 0.263. The number of para-hydroxylation sites is 4. The van der Waals surface area contributed by atoms with Gasteiger partial charge in [-0.15, -0.1) is 0 Å². The number of hydrogen-bond acceptors (Lipinski definition) is 4. The van der Waals surface area contributed by atoms with Crippen molar-refractivity contribution >= 4 is 17.0 Å². The van der Waals surface area contributed by atoms with E-state index in [9.17, 15) is 9.59 Å². The third-order valence-corrected chi connectivity index (χ3v) is 3.95. The van der Waals surface area contributed by atoms with E-state index in [1.165, 1.54) is 11.7 Å². The Hall–Kier alpha value is -3.02. The average Bonchev–Trinajstić information content (AvgIpc) is 2.88. The summed E-state index contributed by atoms with van der Waals surface area (Å²) in [4.78, 5) is 25.0. The molecule has 6 nitrogen and oxygen atoms in total. The lowest BCUT2D eigenvalue weighted by Gasteiger charge is -2.09. The van der Waals surface area contributed by atoms with Gasteiger partial charge < -0.3 is 9.47 Å². The minimum atomic E-state index is -0.522. The lowest BCUT2D eigenvalue weighted by molar-refractivity contribution is -0.135. The predicted molar refractivity (Wildman–Crippen MR) is 95.1 cm³/mol. The first kappa shape index (κ1) is 16.8. The van der Waals surface area contributed by atoms with E-state index >= 15 is 0 Å². The largest absolute Gasteiger partial charge is 0.493 e. The summed E-state index contributed by atoms with van der Waals surface area (Å²) in [7, 11) is 1.51. The van der Waals surface area contributed by atoms with Gasteiger partial charge in [-0.1, -0.05) is 31.2 Å². The molecule has 0 aliphatic heterocycles. The number of methoxy groups -OCH3 is 1. The fourth-order valence-corrected chi connectivity index (χ4v) is 2.85. The molecule has 0 unspecified atom stereocenters. The van der Waals surface area contributed by atoms with Gasteiger partial charge in [0.15, 0.2) is 11.5 Å². The molecule has 0 saturated heterocycles. The molecule has 25 heavy (non-hydrogen) atoms. The summed E-state index contributed by atoms with van der Waals surface area (Å²) < 4.78 is 13.7. The lowest BCUT2D eigenvalue weighted by atomic mass is 10.3. The van der Waals surface area contributed by atoms with Crippen LogP contribution in [0.3, 0.4) is 0 Å². The van der Waals surface area contributed by atoms with Gasteiger partial charge in [-0.2, -0.15) is 0 Å². The van der Waals surface area contributed by atoms with Crippen molar-refractivity contribution in [3.63, 3.8) is 0 Å². The van der Waals surface area contributed by atoms with E-state index < -0.39 is 5.97 Å². The quantitative estimate of drug-likeness (QED) is 0.511. The molecule has 2 aromatic carbocycles. The summed E-state index contributed by atoms with van der Waals surface area (Å²) in [6.45, 7) is 2.45. The smallest absolute Gasteiger partial charge is 0.331 e. The molecular weight excluding hydrogens is 320 g/mol. The van der Waals surface area contributed by atoms with E-state index in [0.29, 0.717) is 18.0 Å². The van der Waals surface area contributed by atoms with Gasteiger partial charge in [0.05, 0.1) is 18.1 Å². The van der Waals surface area contributed by atoms with E-state index in [2.05, 4.69) is 0 Å². The third-order valence-electron chi connectivity index (χ3n) is 3.95. The highest BCUT2D eigenvalue weighted by molar-refractivity contribution is 5.79. The van der Waals surface area contributed by atoms with Crippen molar-refractivity contribution in [2.45, 2.75) is 26.4 Å². The molecule has 0 amide bonds. The summed E-state index contributed by atoms with van der Waals surface area (Å²) in [5, 5.41) is 0. The number of ether oxygens (including phenoxy) is 2. The molecular formula is C19H20N2O4. The molecule has 0 bridgehead atoms. The van der Waals surface area contributed by atoms with Crippen molar-refractivity contribution in [2.75, 3.05) is 7.11 Å². The number of aryl methyl sites for hydroxylation is 1. The van der Waals surface area contributed by atoms with Crippen LogP contribution < -0.4 is 15.2 Å². The Balaban J connectivity index is 1.91. The first-order valence-electron chi connectivity index (χ1n) is 8.17. The average molecular weight is 340 g/mol. The highest BCUT2D eigenvalue weighted by Gasteiger charge is 2.17. The van der Waals surface area contributed by atoms with Crippen LogP contribution >= 0.6 is 0 Å². The molecule has 0 fully saturated rings. The van der Waals surface area contributed by atoms with E-state index in [4.69, 9.17) is 9.47 Å². The van der Waals surface area contributed by atoms with Gasteiger partial charge in [-0.3, -0.25) is 9.13 Å². The van der Waals surface area contributed by atoms with Crippen LogP contribution in [0, 0.1) is 0 Å². The number of fused-ring (bicyclic) bond motifs is 1. The maximum atomic E-state index is 12.7. The number of imidazole rings is 1. The summed E-state index contributed by atoms with van der Waals surface area (Å²) in [6.07, 6.45) is 0.833. The summed E-state index contributed by atoms with van der Waals surface area (Å²) in [5.41, 5.74) is 1.33. The molecule has 0 spiro atoms. The van der Waals surface area contributed by atoms with Crippen LogP contribution in [0.1, 0.15) is 13.3 Å². The van der Waals surface area contributed by atoms with Crippen LogP contribution in [-0.2, 0) is 17.9 Å². The van der Waals surface area contributed by atoms with Crippen LogP contribution in [0.5, 0.6) is 11.5 Å². The molecule has 3 rings (SSSR count). The Labute approximate surface area is 145 Å². The molecule has 1 aromatic heterocycles. The van der Waals surface area contributed by atoms with Crippen molar-refractivity contribution in [1.29, 1.82) is 0 Å². The first-order valence-corrected chi connectivity index (χ1v) is 8.17. The fourth-order valence-electron chi connectivity index (χ4n) is 2.85. The standard InChI is InChI=1S/C19H20N2O4/c1-3-12-20-14-8-4-5-9-15(14)21(19(20)23)13-18(22)25-17-11-7-6-10-16(17)24-2/h4-11H,3,12-13H2,1-2H3. The van der Waals surface area contributed by atoms with Gasteiger partial charge in [0.1, 0.15) is 6.54 Å². The van der Waals surface area contributed by atoms with Crippen LogP contribution in [0.4, 0.5) is 0 Å². The molecule has 0 aliphatic carbocycles. The predicted octanol–water partition coefficient (Wildman–Crippen LogP) is 2.83. The zero-order valence-electron chi connectivity index (χ0n) is 14.3. The second-order valence-electron chi connectivity index (χ2n) is 5.63. The van der Waals surface area contributed by atoms with Gasteiger partial charge in [0.25, 0.3) is 0 Å². The molecule has 0 N–H and O–H groups in total. The van der Waals surface area contributed by atoms with E-state index in [1.807, 2.05) is 31.2 Å². The van der Waals surface area contributed by atoms with Crippen molar-refractivity contribution in [2.24, 2.45) is 0 Å². The minimum Gasteiger partial charge on any atom is -0.493 e. The van der Waals surface area contributed by atoms with Crippen molar-refractivity contribution in [3.8, 4) is 11.5 Å². The number of carbonyl (C=O) groups is 1. The maximum Gasteiger partial charge on any atom is 0.331 e. The Morgan fingerprint density at radius 3 is 2.20 bits per heavy atom. The normalized spacial score (nSPS) is 10.8. The first-order chi connectivity index (χ1) is 12.2. The van der Waals surface area contributed by atoms with E-state index in [0.717, 1.165) is 17.5 Å². The van der Waals surface area contributed by atoms with Crippen LogP contribution in [0.15, 0.2) is 53.3 Å². The highest BCUT2D eigenvalue weighted by Crippen LogP contribution is 2.26. The number of carbonyl (C=O) groups excluding carboxylic acids is 1. The number of nitrogens with zero attached hydrogens (tertiary/aromatic N) is 2. The van der Waals surface area contributed by atoms with Gasteiger partial charge in [0.2, 0.25) is 0 Å². The Kier molecular flexibility index (Phi) is 4.88. The van der Waals surface area contributed by atoms with Crippen LogP contribution in [-0.4, -0.2) is 22.2 Å². The maximum absolute atomic E-state index is 12.7. The molecule has 0 radical (unpaired) electrons. The zero-order chi connectivity index (χ0) is 17.8. The van der Waals surface area contributed by atoms with E-state index in [-0.39, 0.29) is 12.2 Å². The second kappa shape index (κ2) is 7.25. The molecule has 3 aromatic rings. The Morgan fingerprint density at radius 1 is 0.960 bits per heavy atom. The van der Waals surface area contributed by atoms with Gasteiger partial charge in [-0.25, -0.2) is 9.59 Å². The summed E-state index contributed by atoms with van der Waals surface area (Å²) >= 11 is 0. The highest BCUT2D eigenvalue weighted by atomic mass is 16.6. The van der Waals surface area contributed by atoms with Crippen molar-refractivity contribution in [1.82, 2.24) is 9.13 Å². The monoisotopic (exact) mass is 340 g/mol. The minimum absolute atomic E-state index is 0.159. The number of esters is 1. The Bertz CT molecular complexity index is 955. The number of aromatic nitrogens is 2. The Morgan fingerprint density at radius 2 is 1.56 bits per heavy atom. The lowest BCUT2D eigenvalue weighted by Crippen LogP contribution is -2.28. The van der Waals surface area contributed by atoms with E-state index in [1.54, 1.807) is 28.8 Å². The number of hydrogen-bond donors (Lipinski definition) is 0. The SMILES string of the molecule is CCCn1c(=O)n(CC(=O)Oc2ccccc2OC)c2ccccc21. The third kappa shape index (κ3) is 3.28. The van der Waals surface area contributed by atoms with Crippen LogP contribution in [0.25, 0.3) is 11.0 Å². The molecule has 0 aliphatic rings. The summed E-state index contributed by atoms with van der Waals surface area (Å²) in [6, 6.07) is 14.4. The molecule has 0 saturated carbocycles. The van der Waals surface area contributed by atoms with Gasteiger partial charge in [0, 0.05) is 6.54 Å². The van der Waals surface area contributed by atoms with Crippen molar-refractivity contribution < 1.29 is 14.3 Å². The topological polar surface area (TPSA) is 62.5 Å². The number of benzene rings is 2. The van der Waals surface area contributed by atoms with Crippen molar-refractivity contribution in [3.05, 3.63) is 59.0 Å². The molecule has 0 atom stereocenters. The summed E-state index contributed by atoms with van der Waals surface area (Å²) in [5.74, 6) is 0.281. The van der Waals surface area contributed by atoms with Crippen LogP contribution in [0.2, 0.25) is 0 Å². The second-order valence-corrected chi connectivity index (χ2v) is 5.63. The molecule has 1 heterocycles. The number of rotatable bonds is 6. The van der Waals surface area contributed by atoms with Gasteiger partial charge >= 0.3 is 11.7 Å². The molecule has 6 heteroatoms. The van der Waals surface area contributed by atoms with Gasteiger partial charge in [-0.05, 0) is 30.7 Å². The zero-order valence-corrected chi connectivity index (χ0v) is 14.3.